The van der Waals surface area contributed by atoms with Crippen LogP contribution in [0.15, 0.2) is 36.5 Å². The second-order valence-electron chi connectivity index (χ2n) is 4.70. The molecule has 0 bridgehead atoms. The van der Waals surface area contributed by atoms with Crippen LogP contribution in [0.25, 0.3) is 0 Å². The van der Waals surface area contributed by atoms with Crippen molar-refractivity contribution in [2.75, 3.05) is 0 Å². The van der Waals surface area contributed by atoms with Crippen LogP contribution >= 0.6 is 0 Å². The lowest BCUT2D eigenvalue weighted by molar-refractivity contribution is -0.385. The number of nitrogens with two attached hydrogens (primary N) is 1. The van der Waals surface area contributed by atoms with Gasteiger partial charge in [-0.25, -0.2) is 4.98 Å². The fourth-order valence-corrected chi connectivity index (χ4v) is 1.95. The summed E-state index contributed by atoms with van der Waals surface area (Å²) >= 11 is 0. The number of aromatic nitrogens is 1. The van der Waals surface area contributed by atoms with Gasteiger partial charge in [-0.3, -0.25) is 10.1 Å². The van der Waals surface area contributed by atoms with Crippen molar-refractivity contribution in [3.63, 3.8) is 0 Å². The summed E-state index contributed by atoms with van der Waals surface area (Å²) in [5.74, 6) is 0.456. The molecular formula is C15H17N3O3. The summed E-state index contributed by atoms with van der Waals surface area (Å²) in [4.78, 5) is 14.8. The van der Waals surface area contributed by atoms with Gasteiger partial charge in [0.2, 0.25) is 11.6 Å². The molecule has 1 heterocycles. The summed E-state index contributed by atoms with van der Waals surface area (Å²) in [5.41, 5.74) is 7.36. The van der Waals surface area contributed by atoms with Crippen LogP contribution in [0.3, 0.4) is 0 Å². The quantitative estimate of drug-likeness (QED) is 0.672. The summed E-state index contributed by atoms with van der Waals surface area (Å²) in [6.45, 7) is 3.74. The molecule has 0 aliphatic heterocycles. The highest BCUT2D eigenvalue weighted by molar-refractivity contribution is 5.50. The second kappa shape index (κ2) is 6.32. The minimum atomic E-state index is -0.455. The Bertz CT molecular complexity index is 656. The van der Waals surface area contributed by atoms with Gasteiger partial charge >= 0.3 is 5.69 Å². The lowest BCUT2D eigenvalue weighted by atomic mass is 10.1. The molecule has 0 radical (unpaired) electrons. The van der Waals surface area contributed by atoms with Crippen LogP contribution < -0.4 is 10.5 Å². The zero-order valence-electron chi connectivity index (χ0n) is 11.9. The van der Waals surface area contributed by atoms with Crippen molar-refractivity contribution in [2.24, 2.45) is 5.73 Å². The Morgan fingerprint density at radius 1 is 1.43 bits per heavy atom. The lowest BCUT2D eigenvalue weighted by Gasteiger charge is -2.12. The minimum Gasteiger partial charge on any atom is -0.431 e. The first kappa shape index (κ1) is 14.9. The van der Waals surface area contributed by atoms with E-state index in [1.54, 1.807) is 37.4 Å². The van der Waals surface area contributed by atoms with Crippen molar-refractivity contribution in [3.05, 3.63) is 57.8 Å². The Morgan fingerprint density at radius 3 is 2.81 bits per heavy atom. The van der Waals surface area contributed by atoms with Gasteiger partial charge in [-0.15, -0.1) is 0 Å². The van der Waals surface area contributed by atoms with Crippen LogP contribution in [-0.4, -0.2) is 9.91 Å². The van der Waals surface area contributed by atoms with Crippen molar-refractivity contribution in [3.8, 4) is 11.6 Å². The molecule has 2 rings (SSSR count). The number of ether oxygens (including phenoxy) is 1. The van der Waals surface area contributed by atoms with E-state index in [2.05, 4.69) is 4.98 Å². The molecule has 0 saturated carbocycles. The molecule has 1 aromatic heterocycles. The average molecular weight is 287 g/mol. The molecule has 0 unspecified atom stereocenters. The third-order valence-corrected chi connectivity index (χ3v) is 3.13. The molecule has 6 heteroatoms. The summed E-state index contributed by atoms with van der Waals surface area (Å²) in [6.07, 6.45) is 2.28. The highest BCUT2D eigenvalue weighted by atomic mass is 16.6. The molecule has 110 valence electrons. The Labute approximate surface area is 122 Å². The predicted octanol–water partition coefficient (Wildman–Crippen LogP) is 3.36. The minimum absolute atomic E-state index is 0.0735. The third-order valence-electron chi connectivity index (χ3n) is 3.13. The van der Waals surface area contributed by atoms with Crippen LogP contribution in [0.1, 0.15) is 31.0 Å². The largest absolute Gasteiger partial charge is 0.431 e. The Balaban J connectivity index is 2.42. The van der Waals surface area contributed by atoms with Gasteiger partial charge in [0.1, 0.15) is 0 Å². The summed E-state index contributed by atoms with van der Waals surface area (Å²) < 4.78 is 5.63. The van der Waals surface area contributed by atoms with Gasteiger partial charge in [0.05, 0.1) is 4.92 Å². The number of nitrogens with zero attached hydrogens (tertiary/aromatic N) is 2. The first-order chi connectivity index (χ1) is 10.0. The molecule has 1 aromatic carbocycles. The monoisotopic (exact) mass is 287 g/mol. The van der Waals surface area contributed by atoms with E-state index in [1.807, 2.05) is 6.92 Å². The Kier molecular flexibility index (Phi) is 4.49. The van der Waals surface area contributed by atoms with Gasteiger partial charge in [0.25, 0.3) is 0 Å². The molecule has 0 amide bonds. The maximum absolute atomic E-state index is 11.2. The molecule has 0 aliphatic rings. The van der Waals surface area contributed by atoms with E-state index < -0.39 is 4.92 Å². The van der Waals surface area contributed by atoms with Gasteiger partial charge in [0, 0.05) is 23.9 Å². The topological polar surface area (TPSA) is 91.3 Å². The first-order valence-electron chi connectivity index (χ1n) is 6.68. The fourth-order valence-electron chi connectivity index (χ4n) is 1.95. The fraction of sp³-hybridized carbons (Fsp3) is 0.267. The number of aryl methyl sites for hydroxylation is 1. The molecule has 2 aromatic rings. The van der Waals surface area contributed by atoms with Crippen molar-refractivity contribution in [1.29, 1.82) is 0 Å². The summed E-state index contributed by atoms with van der Waals surface area (Å²) in [7, 11) is 0. The molecule has 0 aliphatic carbocycles. The zero-order valence-corrected chi connectivity index (χ0v) is 11.9. The van der Waals surface area contributed by atoms with Crippen molar-refractivity contribution < 1.29 is 9.66 Å². The normalized spacial score (nSPS) is 12.0. The summed E-state index contributed by atoms with van der Waals surface area (Å²) in [5, 5.41) is 11.2. The van der Waals surface area contributed by atoms with Crippen molar-refractivity contribution in [1.82, 2.24) is 4.98 Å². The standard InChI is InChI=1S/C15H17N3O3/c1-3-11-6-7-14(13(9-11)18(19)20)21-15-12(10(2)16)5-4-8-17-15/h4-10H,3,16H2,1-2H3/t10-/m1/s1. The molecule has 2 N–H and O–H groups in total. The van der Waals surface area contributed by atoms with E-state index in [4.69, 9.17) is 10.5 Å². The van der Waals surface area contributed by atoms with Crippen LogP contribution in [0.5, 0.6) is 11.6 Å². The maximum atomic E-state index is 11.2. The molecule has 0 spiro atoms. The number of benzene rings is 1. The van der Waals surface area contributed by atoms with Crippen LogP contribution in [0.4, 0.5) is 5.69 Å². The summed E-state index contributed by atoms with van der Waals surface area (Å²) in [6, 6.07) is 8.18. The van der Waals surface area contributed by atoms with E-state index in [-0.39, 0.29) is 17.5 Å². The molecule has 21 heavy (non-hydrogen) atoms. The molecule has 0 fully saturated rings. The highest BCUT2D eigenvalue weighted by Gasteiger charge is 2.19. The van der Waals surface area contributed by atoms with E-state index in [0.717, 1.165) is 12.0 Å². The number of rotatable bonds is 5. The third kappa shape index (κ3) is 3.35. The lowest BCUT2D eigenvalue weighted by Crippen LogP contribution is -2.08. The van der Waals surface area contributed by atoms with E-state index in [9.17, 15) is 10.1 Å². The van der Waals surface area contributed by atoms with Gasteiger partial charge in [-0.2, -0.15) is 0 Å². The highest BCUT2D eigenvalue weighted by Crippen LogP contribution is 2.33. The predicted molar refractivity (Wildman–Crippen MR) is 79.4 cm³/mol. The number of nitro benzene ring substituents is 1. The molecule has 1 atom stereocenters. The SMILES string of the molecule is CCc1ccc(Oc2ncccc2[C@@H](C)N)c([N+](=O)[O-])c1. The van der Waals surface area contributed by atoms with Crippen LogP contribution in [0.2, 0.25) is 0 Å². The van der Waals surface area contributed by atoms with E-state index in [0.29, 0.717) is 11.4 Å². The average Bonchev–Trinajstić information content (AvgIpc) is 2.47. The van der Waals surface area contributed by atoms with Gasteiger partial charge in [-0.05, 0) is 31.0 Å². The molecule has 6 nitrogen and oxygen atoms in total. The Morgan fingerprint density at radius 2 is 2.19 bits per heavy atom. The smallest absolute Gasteiger partial charge is 0.311 e. The van der Waals surface area contributed by atoms with Crippen LogP contribution in [0, 0.1) is 10.1 Å². The first-order valence-corrected chi connectivity index (χ1v) is 6.68. The van der Waals surface area contributed by atoms with Crippen molar-refractivity contribution >= 4 is 5.69 Å². The maximum Gasteiger partial charge on any atom is 0.311 e. The van der Waals surface area contributed by atoms with Gasteiger partial charge in [-0.1, -0.05) is 19.1 Å². The number of hydrogen-bond donors (Lipinski definition) is 1. The number of pyridine rings is 1. The Hall–Kier alpha value is -2.47. The number of nitro groups is 1. The zero-order chi connectivity index (χ0) is 15.4. The van der Waals surface area contributed by atoms with E-state index in [1.165, 1.54) is 6.07 Å². The van der Waals surface area contributed by atoms with E-state index >= 15 is 0 Å². The molecule has 0 saturated heterocycles. The van der Waals surface area contributed by atoms with Gasteiger partial charge < -0.3 is 10.5 Å². The van der Waals surface area contributed by atoms with Crippen LogP contribution in [-0.2, 0) is 6.42 Å². The number of hydrogen-bond acceptors (Lipinski definition) is 5. The van der Waals surface area contributed by atoms with Gasteiger partial charge in [0.15, 0.2) is 0 Å². The second-order valence-corrected chi connectivity index (χ2v) is 4.70. The van der Waals surface area contributed by atoms with Crippen molar-refractivity contribution in [2.45, 2.75) is 26.3 Å². The molecular weight excluding hydrogens is 270 g/mol.